The summed E-state index contributed by atoms with van der Waals surface area (Å²) in [7, 11) is 0. The molecule has 2 saturated carbocycles. The number of hydrogen-bond acceptors (Lipinski definition) is 1. The number of hydrogen-bond donors (Lipinski definition) is 0. The third-order valence-electron chi connectivity index (χ3n) is 10.3. The van der Waals surface area contributed by atoms with Gasteiger partial charge >= 0.3 is 0 Å². The van der Waals surface area contributed by atoms with E-state index in [9.17, 15) is 0 Å². The van der Waals surface area contributed by atoms with Gasteiger partial charge in [0.2, 0.25) is 0 Å². The first-order chi connectivity index (χ1) is 12.9. The van der Waals surface area contributed by atoms with E-state index in [-0.39, 0.29) is 0 Å². The molecule has 4 rings (SSSR count). The van der Waals surface area contributed by atoms with Crippen LogP contribution in [0.25, 0.3) is 0 Å². The smallest absolute Gasteiger partial charge is 0.0212 e. The molecule has 7 atom stereocenters. The van der Waals surface area contributed by atoms with Gasteiger partial charge in [-0.2, -0.15) is 0 Å². The molecule has 0 aromatic heterocycles. The van der Waals surface area contributed by atoms with E-state index >= 15 is 0 Å². The quantitative estimate of drug-likeness (QED) is 0.494. The molecule has 1 heteroatoms. The lowest BCUT2D eigenvalue weighted by atomic mass is 9.51. The van der Waals surface area contributed by atoms with Gasteiger partial charge in [0.1, 0.15) is 0 Å². The Balaban J connectivity index is 1.46. The van der Waals surface area contributed by atoms with Crippen LogP contribution in [0, 0.1) is 40.9 Å². The first-order valence-corrected chi connectivity index (χ1v) is 12.6. The molecule has 27 heavy (non-hydrogen) atoms. The van der Waals surface area contributed by atoms with Crippen molar-refractivity contribution in [3.63, 3.8) is 0 Å². The predicted molar refractivity (Wildman–Crippen MR) is 117 cm³/mol. The Morgan fingerprint density at radius 1 is 0.852 bits per heavy atom. The fourth-order valence-corrected chi connectivity index (χ4v) is 8.78. The first-order valence-electron chi connectivity index (χ1n) is 12.6. The highest BCUT2D eigenvalue weighted by Crippen LogP contribution is 2.65. The molecule has 0 unspecified atom stereocenters. The molecular weight excluding hydrogens is 326 g/mol. The van der Waals surface area contributed by atoms with Gasteiger partial charge < -0.3 is 0 Å². The van der Waals surface area contributed by atoms with E-state index in [4.69, 9.17) is 0 Å². The van der Waals surface area contributed by atoms with Crippen molar-refractivity contribution in [1.82, 2.24) is 4.90 Å². The molecule has 156 valence electrons. The Bertz CT molecular complexity index is 512. The summed E-state index contributed by atoms with van der Waals surface area (Å²) >= 11 is 0. The van der Waals surface area contributed by atoms with Gasteiger partial charge in [0, 0.05) is 5.54 Å². The van der Waals surface area contributed by atoms with E-state index in [1.54, 1.807) is 6.42 Å². The molecule has 2 heterocycles. The molecule has 2 aliphatic carbocycles. The van der Waals surface area contributed by atoms with Crippen molar-refractivity contribution >= 4 is 0 Å². The van der Waals surface area contributed by atoms with Crippen molar-refractivity contribution in [2.75, 3.05) is 13.1 Å². The molecular formula is C26H47N. The maximum atomic E-state index is 2.92. The molecule has 1 nitrogen and oxygen atoms in total. The molecule has 4 fully saturated rings. The highest BCUT2D eigenvalue weighted by atomic mass is 15.2. The predicted octanol–water partition coefficient (Wildman–Crippen LogP) is 7.16. The molecule has 0 bridgehead atoms. The summed E-state index contributed by atoms with van der Waals surface area (Å²) in [5.41, 5.74) is 1.20. The highest BCUT2D eigenvalue weighted by molar-refractivity contribution is 5.10. The summed E-state index contributed by atoms with van der Waals surface area (Å²) < 4.78 is 0. The van der Waals surface area contributed by atoms with Gasteiger partial charge in [0.05, 0.1) is 0 Å². The summed E-state index contributed by atoms with van der Waals surface area (Å²) in [5, 5.41) is 0. The van der Waals surface area contributed by atoms with Gasteiger partial charge in [-0.1, -0.05) is 53.4 Å². The van der Waals surface area contributed by atoms with Crippen LogP contribution in [-0.4, -0.2) is 23.5 Å². The Hall–Kier alpha value is -0.0400. The third kappa shape index (κ3) is 3.43. The van der Waals surface area contributed by atoms with Crippen LogP contribution in [0.3, 0.4) is 0 Å². The second kappa shape index (κ2) is 7.66. The normalized spacial score (nSPS) is 46.0. The highest BCUT2D eigenvalue weighted by Gasteiger charge is 2.59. The van der Waals surface area contributed by atoms with Gasteiger partial charge in [0.15, 0.2) is 0 Å². The first kappa shape index (κ1) is 20.2. The summed E-state index contributed by atoms with van der Waals surface area (Å²) in [4.78, 5) is 2.92. The molecule has 2 aliphatic heterocycles. The van der Waals surface area contributed by atoms with Gasteiger partial charge in [-0.15, -0.1) is 0 Å². The van der Waals surface area contributed by atoms with Gasteiger partial charge in [-0.05, 0) is 106 Å². The minimum Gasteiger partial charge on any atom is -0.298 e. The van der Waals surface area contributed by atoms with Crippen molar-refractivity contribution in [2.45, 2.75) is 111 Å². The topological polar surface area (TPSA) is 3.24 Å². The Labute approximate surface area is 170 Å². The molecule has 0 aromatic rings. The van der Waals surface area contributed by atoms with Crippen LogP contribution in [0.1, 0.15) is 105 Å². The lowest BCUT2D eigenvalue weighted by Gasteiger charge is -2.62. The molecule has 2 saturated heterocycles. The van der Waals surface area contributed by atoms with E-state index in [1.165, 1.54) is 77.3 Å². The Morgan fingerprint density at radius 2 is 1.67 bits per heavy atom. The maximum absolute atomic E-state index is 2.92. The number of piperidine rings is 2. The van der Waals surface area contributed by atoms with Crippen molar-refractivity contribution in [3.8, 4) is 0 Å². The fourth-order valence-electron chi connectivity index (χ4n) is 8.78. The van der Waals surface area contributed by atoms with Crippen molar-refractivity contribution in [1.29, 1.82) is 0 Å². The van der Waals surface area contributed by atoms with Crippen LogP contribution in [0.15, 0.2) is 0 Å². The van der Waals surface area contributed by atoms with Crippen LogP contribution in [-0.2, 0) is 0 Å². The summed E-state index contributed by atoms with van der Waals surface area (Å²) in [6.07, 6.45) is 16.4. The zero-order valence-electron chi connectivity index (χ0n) is 19.1. The van der Waals surface area contributed by atoms with E-state index < -0.39 is 0 Å². The molecule has 0 radical (unpaired) electrons. The van der Waals surface area contributed by atoms with Gasteiger partial charge in [0.25, 0.3) is 0 Å². The lowest BCUT2D eigenvalue weighted by molar-refractivity contribution is -0.119. The van der Waals surface area contributed by atoms with Crippen molar-refractivity contribution in [3.05, 3.63) is 0 Å². The monoisotopic (exact) mass is 373 g/mol. The maximum Gasteiger partial charge on any atom is 0.0212 e. The van der Waals surface area contributed by atoms with Crippen LogP contribution in [0.5, 0.6) is 0 Å². The zero-order chi connectivity index (χ0) is 19.2. The second-order valence-electron chi connectivity index (χ2n) is 12.0. The van der Waals surface area contributed by atoms with Crippen molar-refractivity contribution in [2.24, 2.45) is 40.9 Å². The van der Waals surface area contributed by atoms with Gasteiger partial charge in [-0.25, -0.2) is 0 Å². The van der Waals surface area contributed by atoms with Crippen LogP contribution in [0.4, 0.5) is 0 Å². The lowest BCUT2D eigenvalue weighted by Crippen LogP contribution is -2.63. The summed E-state index contributed by atoms with van der Waals surface area (Å²) in [6.45, 7) is 15.6. The molecule has 0 aromatic carbocycles. The summed E-state index contributed by atoms with van der Waals surface area (Å²) in [5.74, 6) is 5.90. The van der Waals surface area contributed by atoms with Gasteiger partial charge in [-0.3, -0.25) is 4.90 Å². The standard InChI is InChI=1S/C26H47N/c1-19(2)9-8-10-20(3)22-11-12-23-21-14-18-27-17-7-6-15-26(27,5)24(21)13-16-25(22,23)4/h19-24H,6-18H2,1-5H3/t20-,21+,22-,23+,24+,25-,26-/m1/s1. The van der Waals surface area contributed by atoms with Crippen LogP contribution >= 0.6 is 0 Å². The van der Waals surface area contributed by atoms with E-state index in [0.29, 0.717) is 11.0 Å². The number of rotatable bonds is 5. The largest absolute Gasteiger partial charge is 0.298 e. The Kier molecular flexibility index (Phi) is 5.74. The van der Waals surface area contributed by atoms with E-state index in [2.05, 4.69) is 39.5 Å². The fraction of sp³-hybridized carbons (Fsp3) is 1.00. The summed E-state index contributed by atoms with van der Waals surface area (Å²) in [6, 6.07) is 0. The van der Waals surface area contributed by atoms with Crippen LogP contribution < -0.4 is 0 Å². The molecule has 0 amide bonds. The average molecular weight is 374 g/mol. The molecule has 0 spiro atoms. The third-order valence-corrected chi connectivity index (χ3v) is 10.3. The minimum absolute atomic E-state index is 0.545. The zero-order valence-corrected chi connectivity index (χ0v) is 19.1. The van der Waals surface area contributed by atoms with E-state index in [1.807, 2.05) is 0 Å². The second-order valence-corrected chi connectivity index (χ2v) is 12.0. The number of nitrogens with zero attached hydrogens (tertiary/aromatic N) is 1. The molecule has 0 N–H and O–H groups in total. The average Bonchev–Trinajstić information content (AvgIpc) is 2.98. The van der Waals surface area contributed by atoms with Crippen molar-refractivity contribution < 1.29 is 0 Å². The SMILES string of the molecule is CC(C)CCC[C@@H](C)[C@H]1CC[C@H]2[C@@H]3CCN4CCCC[C@]4(C)[C@H]3CC[C@]12C. The molecule has 4 aliphatic rings. The number of fused-ring (bicyclic) bond motifs is 5. The van der Waals surface area contributed by atoms with E-state index in [0.717, 1.165) is 35.5 Å². The van der Waals surface area contributed by atoms with Crippen LogP contribution in [0.2, 0.25) is 0 Å². The Morgan fingerprint density at radius 3 is 2.44 bits per heavy atom. The minimum atomic E-state index is 0.545.